The van der Waals surface area contributed by atoms with Crippen molar-refractivity contribution in [2.24, 2.45) is 0 Å². The Balaban J connectivity index is 1.76. The van der Waals surface area contributed by atoms with Crippen LogP contribution in [0, 0.1) is 0 Å². The summed E-state index contributed by atoms with van der Waals surface area (Å²) in [7, 11) is 0. The Kier molecular flexibility index (Phi) is 4.42. The third kappa shape index (κ3) is 2.91. The number of hydrogen-bond donors (Lipinski definition) is 2. The summed E-state index contributed by atoms with van der Waals surface area (Å²) in [6, 6.07) is 9.56. The number of rotatable bonds is 2. The summed E-state index contributed by atoms with van der Waals surface area (Å²) >= 11 is 0. The molecule has 20 heavy (non-hydrogen) atoms. The number of aliphatic hydroxyl groups excluding tert-OH is 1. The quantitative estimate of drug-likeness (QED) is 0.801. The minimum absolute atomic E-state index is 0.163. The van der Waals surface area contributed by atoms with Gasteiger partial charge in [-0.3, -0.25) is 0 Å². The zero-order valence-electron chi connectivity index (χ0n) is 12.5. The first-order chi connectivity index (χ1) is 9.75. The van der Waals surface area contributed by atoms with E-state index in [0.717, 1.165) is 12.8 Å². The van der Waals surface area contributed by atoms with Crippen LogP contribution in [0.1, 0.15) is 75.0 Å². The van der Waals surface area contributed by atoms with Gasteiger partial charge in [0, 0.05) is 12.1 Å². The van der Waals surface area contributed by atoms with E-state index in [-0.39, 0.29) is 12.1 Å². The van der Waals surface area contributed by atoms with Crippen molar-refractivity contribution in [3.05, 3.63) is 35.4 Å². The average Bonchev–Trinajstić information content (AvgIpc) is 2.67. The highest BCUT2D eigenvalue weighted by Gasteiger charge is 2.29. The van der Waals surface area contributed by atoms with E-state index >= 15 is 0 Å². The molecule has 0 radical (unpaired) electrons. The maximum Gasteiger partial charge on any atom is 0.0693 e. The lowest BCUT2D eigenvalue weighted by Gasteiger charge is -2.34. The third-order valence-corrected chi connectivity index (χ3v) is 5.19. The van der Waals surface area contributed by atoms with Gasteiger partial charge >= 0.3 is 0 Å². The molecule has 0 aromatic heterocycles. The molecule has 2 nitrogen and oxygen atoms in total. The van der Waals surface area contributed by atoms with Crippen molar-refractivity contribution in [3.8, 4) is 0 Å². The molecule has 0 spiro atoms. The fraction of sp³-hybridized carbons (Fsp3) is 0.667. The molecular formula is C18H27NO. The summed E-state index contributed by atoms with van der Waals surface area (Å²) in [5.74, 6) is 0.670. The van der Waals surface area contributed by atoms with Gasteiger partial charge in [0.25, 0.3) is 0 Å². The van der Waals surface area contributed by atoms with Gasteiger partial charge in [-0.25, -0.2) is 0 Å². The lowest BCUT2D eigenvalue weighted by Crippen LogP contribution is -2.42. The lowest BCUT2D eigenvalue weighted by molar-refractivity contribution is 0.111. The van der Waals surface area contributed by atoms with Crippen LogP contribution >= 0.6 is 0 Å². The van der Waals surface area contributed by atoms with Crippen LogP contribution in [0.2, 0.25) is 0 Å². The second kappa shape index (κ2) is 6.28. The zero-order valence-corrected chi connectivity index (χ0v) is 12.5. The summed E-state index contributed by atoms with van der Waals surface area (Å²) in [4.78, 5) is 0. The summed E-state index contributed by atoms with van der Waals surface area (Å²) in [6.07, 6.45) is 8.06. The molecule has 110 valence electrons. The van der Waals surface area contributed by atoms with Gasteiger partial charge < -0.3 is 10.4 Å². The summed E-state index contributed by atoms with van der Waals surface area (Å²) in [6.45, 7) is 2.33. The number of fused-ring (bicyclic) bond motifs is 1. The smallest absolute Gasteiger partial charge is 0.0693 e. The van der Waals surface area contributed by atoms with Crippen molar-refractivity contribution >= 4 is 0 Å². The molecular weight excluding hydrogens is 246 g/mol. The molecule has 1 aromatic rings. The van der Waals surface area contributed by atoms with Gasteiger partial charge in [-0.15, -0.1) is 0 Å². The van der Waals surface area contributed by atoms with Crippen LogP contribution in [0.15, 0.2) is 24.3 Å². The molecule has 3 rings (SSSR count). The van der Waals surface area contributed by atoms with Crippen LogP contribution in [0.25, 0.3) is 0 Å². The Morgan fingerprint density at radius 2 is 1.70 bits per heavy atom. The van der Waals surface area contributed by atoms with E-state index in [9.17, 15) is 5.11 Å². The van der Waals surface area contributed by atoms with Crippen LogP contribution in [0.3, 0.4) is 0 Å². The van der Waals surface area contributed by atoms with E-state index in [0.29, 0.717) is 12.0 Å². The Morgan fingerprint density at radius 1 is 0.950 bits per heavy atom. The van der Waals surface area contributed by atoms with Gasteiger partial charge in [0.15, 0.2) is 0 Å². The number of nitrogens with one attached hydrogen (secondary N) is 1. The molecule has 0 aliphatic heterocycles. The molecule has 1 saturated carbocycles. The first kappa shape index (κ1) is 14.1. The Hall–Kier alpha value is -0.860. The maximum absolute atomic E-state index is 10.3. The SMILES string of the molecule is CC1CCC(NC2CCCCCC2O)c2ccccc21. The van der Waals surface area contributed by atoms with Gasteiger partial charge in [-0.2, -0.15) is 0 Å². The Morgan fingerprint density at radius 3 is 2.55 bits per heavy atom. The topological polar surface area (TPSA) is 32.3 Å². The molecule has 0 saturated heterocycles. The van der Waals surface area contributed by atoms with E-state index in [1.807, 2.05) is 0 Å². The normalized spacial score (nSPS) is 34.3. The summed E-state index contributed by atoms with van der Waals surface area (Å²) in [5, 5.41) is 14.1. The molecule has 0 heterocycles. The third-order valence-electron chi connectivity index (χ3n) is 5.19. The van der Waals surface area contributed by atoms with Gasteiger partial charge in [0.1, 0.15) is 0 Å². The second-order valence-electron chi connectivity index (χ2n) is 6.64. The minimum atomic E-state index is -0.163. The molecule has 2 aliphatic carbocycles. The van der Waals surface area contributed by atoms with Gasteiger partial charge in [0.2, 0.25) is 0 Å². The minimum Gasteiger partial charge on any atom is -0.392 e. The first-order valence-corrected chi connectivity index (χ1v) is 8.28. The fourth-order valence-corrected chi connectivity index (χ4v) is 3.92. The van der Waals surface area contributed by atoms with E-state index in [1.165, 1.54) is 43.2 Å². The molecule has 4 unspecified atom stereocenters. The van der Waals surface area contributed by atoms with Crippen molar-refractivity contribution in [3.63, 3.8) is 0 Å². The molecule has 4 atom stereocenters. The van der Waals surface area contributed by atoms with Crippen molar-refractivity contribution in [1.82, 2.24) is 5.32 Å². The highest BCUT2D eigenvalue weighted by atomic mass is 16.3. The van der Waals surface area contributed by atoms with Crippen LogP contribution < -0.4 is 5.32 Å². The fourth-order valence-electron chi connectivity index (χ4n) is 3.92. The molecule has 1 aromatic carbocycles. The van der Waals surface area contributed by atoms with Crippen molar-refractivity contribution in [2.75, 3.05) is 0 Å². The van der Waals surface area contributed by atoms with Crippen molar-refractivity contribution < 1.29 is 5.11 Å². The van der Waals surface area contributed by atoms with E-state index in [1.54, 1.807) is 0 Å². The predicted octanol–water partition coefficient (Wildman–Crippen LogP) is 3.91. The number of benzene rings is 1. The molecule has 2 N–H and O–H groups in total. The molecule has 0 amide bonds. The van der Waals surface area contributed by atoms with Gasteiger partial charge in [-0.1, -0.05) is 50.5 Å². The number of hydrogen-bond acceptors (Lipinski definition) is 2. The standard InChI is InChI=1S/C18H27NO/c1-13-11-12-16(15-8-6-5-7-14(13)15)19-17-9-3-2-4-10-18(17)20/h5-8,13,16-20H,2-4,9-12H2,1H3. The highest BCUT2D eigenvalue weighted by molar-refractivity contribution is 5.35. The van der Waals surface area contributed by atoms with Crippen LogP contribution in [0.5, 0.6) is 0 Å². The number of aliphatic hydroxyl groups is 1. The Bertz CT molecular complexity index is 445. The van der Waals surface area contributed by atoms with Gasteiger partial charge in [0.05, 0.1) is 6.10 Å². The van der Waals surface area contributed by atoms with Gasteiger partial charge in [-0.05, 0) is 42.7 Å². The van der Waals surface area contributed by atoms with Crippen molar-refractivity contribution in [2.45, 2.75) is 76.0 Å². The summed E-state index contributed by atoms with van der Waals surface area (Å²) < 4.78 is 0. The van der Waals surface area contributed by atoms with E-state index in [2.05, 4.69) is 36.5 Å². The van der Waals surface area contributed by atoms with Crippen LogP contribution in [0.4, 0.5) is 0 Å². The first-order valence-electron chi connectivity index (χ1n) is 8.28. The van der Waals surface area contributed by atoms with Crippen LogP contribution in [-0.2, 0) is 0 Å². The lowest BCUT2D eigenvalue weighted by atomic mass is 9.80. The molecule has 0 bridgehead atoms. The monoisotopic (exact) mass is 273 g/mol. The highest BCUT2D eigenvalue weighted by Crippen LogP contribution is 2.37. The van der Waals surface area contributed by atoms with Crippen molar-refractivity contribution in [1.29, 1.82) is 0 Å². The molecule has 2 heteroatoms. The second-order valence-corrected chi connectivity index (χ2v) is 6.64. The molecule has 2 aliphatic rings. The van der Waals surface area contributed by atoms with E-state index < -0.39 is 0 Å². The van der Waals surface area contributed by atoms with Crippen LogP contribution in [-0.4, -0.2) is 17.3 Å². The molecule has 1 fully saturated rings. The zero-order chi connectivity index (χ0) is 13.9. The summed E-state index contributed by atoms with van der Waals surface area (Å²) in [5.41, 5.74) is 2.96. The maximum atomic E-state index is 10.3. The predicted molar refractivity (Wildman–Crippen MR) is 82.8 cm³/mol. The Labute approximate surface area is 122 Å². The van der Waals surface area contributed by atoms with E-state index in [4.69, 9.17) is 0 Å². The largest absolute Gasteiger partial charge is 0.392 e. The average molecular weight is 273 g/mol.